The number of hydrogen-bond donors (Lipinski definition) is 2. The van der Waals surface area contributed by atoms with E-state index in [1.54, 1.807) is 30.7 Å². The van der Waals surface area contributed by atoms with Gasteiger partial charge in [-0.05, 0) is 55.8 Å². The van der Waals surface area contributed by atoms with Crippen LogP contribution in [0.2, 0.25) is 0 Å². The molecule has 0 saturated heterocycles. The van der Waals surface area contributed by atoms with Crippen molar-refractivity contribution in [1.82, 2.24) is 30.2 Å². The van der Waals surface area contributed by atoms with Crippen LogP contribution in [0.5, 0.6) is 0 Å². The van der Waals surface area contributed by atoms with E-state index in [2.05, 4.69) is 36.2 Å². The predicted molar refractivity (Wildman–Crippen MR) is 135 cm³/mol. The Bertz CT molecular complexity index is 1450. The smallest absolute Gasteiger partial charge is 0.162 e. The van der Waals surface area contributed by atoms with Crippen LogP contribution in [0.15, 0.2) is 67.3 Å². The van der Waals surface area contributed by atoms with Crippen molar-refractivity contribution >= 4 is 16.9 Å². The van der Waals surface area contributed by atoms with Crippen molar-refractivity contribution in [1.29, 1.82) is 0 Å². The van der Waals surface area contributed by atoms with Crippen molar-refractivity contribution in [3.8, 4) is 22.6 Å². The molecule has 1 saturated carbocycles. The maximum atomic E-state index is 14.5. The van der Waals surface area contributed by atoms with Gasteiger partial charge in [0.15, 0.2) is 5.82 Å². The van der Waals surface area contributed by atoms with E-state index in [0.29, 0.717) is 34.7 Å². The second-order valence-electron chi connectivity index (χ2n) is 8.98. The highest BCUT2D eigenvalue weighted by atomic mass is 19.1. The Labute approximate surface area is 202 Å². The summed E-state index contributed by atoms with van der Waals surface area (Å²) in [5.74, 6) is 1.67. The molecule has 6 rings (SSSR count). The van der Waals surface area contributed by atoms with E-state index in [0.717, 1.165) is 36.3 Å². The summed E-state index contributed by atoms with van der Waals surface area (Å²) >= 11 is 0. The summed E-state index contributed by atoms with van der Waals surface area (Å²) in [6, 6.07) is 13.1. The Morgan fingerprint density at radius 1 is 1.06 bits per heavy atom. The monoisotopic (exact) mass is 467 g/mol. The lowest BCUT2D eigenvalue weighted by atomic mass is 9.73. The number of likely N-dealkylation sites (N-methyl/N-ethyl adjacent to an activating group) is 1. The second kappa shape index (κ2) is 9.03. The van der Waals surface area contributed by atoms with Crippen LogP contribution in [0, 0.1) is 5.82 Å². The van der Waals surface area contributed by atoms with Crippen molar-refractivity contribution < 1.29 is 4.39 Å². The van der Waals surface area contributed by atoms with Crippen molar-refractivity contribution in [2.24, 2.45) is 0 Å². The highest BCUT2D eigenvalue weighted by molar-refractivity contribution is 5.94. The molecular formula is C27H26FN7. The summed E-state index contributed by atoms with van der Waals surface area (Å²) in [4.78, 5) is 24.4. The number of pyridine rings is 1. The quantitative estimate of drug-likeness (QED) is 0.445. The van der Waals surface area contributed by atoms with E-state index in [9.17, 15) is 4.39 Å². The first-order chi connectivity index (χ1) is 17.2. The van der Waals surface area contributed by atoms with Crippen LogP contribution in [0.1, 0.15) is 24.3 Å². The van der Waals surface area contributed by atoms with Crippen molar-refractivity contribution in [2.45, 2.75) is 24.8 Å². The molecule has 2 atom stereocenters. The van der Waals surface area contributed by atoms with Gasteiger partial charge in [-0.2, -0.15) is 0 Å². The van der Waals surface area contributed by atoms with Gasteiger partial charge in [0, 0.05) is 66.3 Å². The van der Waals surface area contributed by atoms with Gasteiger partial charge < -0.3 is 15.2 Å². The molecule has 4 heterocycles. The lowest BCUT2D eigenvalue weighted by molar-refractivity contribution is 0.314. The van der Waals surface area contributed by atoms with Gasteiger partial charge in [-0.1, -0.05) is 12.1 Å². The predicted octanol–water partition coefficient (Wildman–Crippen LogP) is 4.63. The van der Waals surface area contributed by atoms with Gasteiger partial charge in [-0.15, -0.1) is 0 Å². The van der Waals surface area contributed by atoms with Crippen molar-refractivity contribution in [3.05, 3.63) is 78.6 Å². The molecule has 35 heavy (non-hydrogen) atoms. The molecule has 0 spiro atoms. The van der Waals surface area contributed by atoms with E-state index in [4.69, 9.17) is 4.98 Å². The van der Waals surface area contributed by atoms with Crippen LogP contribution >= 0.6 is 0 Å². The number of H-pyrrole nitrogens is 1. The van der Waals surface area contributed by atoms with Gasteiger partial charge in [0.25, 0.3) is 0 Å². The third kappa shape index (κ3) is 3.89. The van der Waals surface area contributed by atoms with Crippen LogP contribution in [0.3, 0.4) is 0 Å². The van der Waals surface area contributed by atoms with Gasteiger partial charge in [-0.3, -0.25) is 4.98 Å². The van der Waals surface area contributed by atoms with E-state index in [1.165, 1.54) is 18.1 Å². The maximum Gasteiger partial charge on any atom is 0.162 e. The largest absolute Gasteiger partial charge is 0.352 e. The SMILES string of the molecule is CNCCN1c2cc(cnccnc(-c3ccnc4[nH]c(-c5ccccc5F)cc34)n2)C2CCC21. The Morgan fingerprint density at radius 2 is 1.97 bits per heavy atom. The summed E-state index contributed by atoms with van der Waals surface area (Å²) < 4.78 is 14.5. The maximum absolute atomic E-state index is 14.5. The third-order valence-corrected chi connectivity index (χ3v) is 6.99. The molecule has 1 fully saturated rings. The van der Waals surface area contributed by atoms with Gasteiger partial charge in [0.1, 0.15) is 17.3 Å². The zero-order valence-corrected chi connectivity index (χ0v) is 19.4. The third-order valence-electron chi connectivity index (χ3n) is 6.99. The molecule has 0 radical (unpaired) electrons. The fourth-order valence-electron chi connectivity index (χ4n) is 5.08. The van der Waals surface area contributed by atoms with Crippen LogP contribution in [0.4, 0.5) is 10.2 Å². The first-order valence-corrected chi connectivity index (χ1v) is 11.9. The topological polar surface area (TPSA) is 82.6 Å². The average Bonchev–Trinajstić information content (AvgIpc) is 3.28. The highest BCUT2D eigenvalue weighted by Gasteiger charge is 2.40. The number of aromatic nitrogens is 5. The summed E-state index contributed by atoms with van der Waals surface area (Å²) in [6.07, 6.45) is 9.35. The molecule has 2 bridgehead atoms. The molecule has 2 unspecified atom stereocenters. The molecule has 1 aliphatic heterocycles. The van der Waals surface area contributed by atoms with E-state index in [1.807, 2.05) is 31.4 Å². The zero-order valence-electron chi connectivity index (χ0n) is 19.4. The molecule has 0 amide bonds. The number of nitrogens with one attached hydrogen (secondary N) is 2. The first-order valence-electron chi connectivity index (χ1n) is 11.9. The molecule has 8 heteroatoms. The first kappa shape index (κ1) is 21.6. The lowest BCUT2D eigenvalue weighted by Crippen LogP contribution is -2.50. The molecule has 7 nitrogen and oxygen atoms in total. The number of aromatic amines is 1. The normalized spacial score (nSPS) is 18.1. The number of halogens is 1. The Balaban J connectivity index is 1.53. The van der Waals surface area contributed by atoms with Gasteiger partial charge in [0.2, 0.25) is 0 Å². The number of benzene rings is 1. The minimum absolute atomic E-state index is 0.284. The van der Waals surface area contributed by atoms with Crippen LogP contribution in [-0.4, -0.2) is 51.1 Å². The molecule has 2 aliphatic rings. The molecule has 3 aromatic heterocycles. The second-order valence-corrected chi connectivity index (χ2v) is 8.98. The molecule has 176 valence electrons. The average molecular weight is 468 g/mol. The van der Waals surface area contributed by atoms with E-state index in [-0.39, 0.29) is 5.82 Å². The van der Waals surface area contributed by atoms with Crippen LogP contribution in [0.25, 0.3) is 33.7 Å². The Kier molecular flexibility index (Phi) is 5.58. The lowest BCUT2D eigenvalue weighted by Gasteiger charge is -2.48. The van der Waals surface area contributed by atoms with Crippen molar-refractivity contribution in [3.63, 3.8) is 0 Å². The number of anilines is 1. The fourth-order valence-corrected chi connectivity index (χ4v) is 5.08. The summed E-state index contributed by atoms with van der Waals surface area (Å²) in [6.45, 7) is 1.74. The number of hydrogen-bond acceptors (Lipinski definition) is 6. The minimum Gasteiger partial charge on any atom is -0.352 e. The van der Waals surface area contributed by atoms with Crippen LogP contribution < -0.4 is 10.2 Å². The van der Waals surface area contributed by atoms with Gasteiger partial charge in [0.05, 0.1) is 5.69 Å². The number of fused-ring (bicyclic) bond motifs is 5. The summed E-state index contributed by atoms with van der Waals surface area (Å²) in [5, 5.41) is 4.10. The zero-order chi connectivity index (χ0) is 23.8. The van der Waals surface area contributed by atoms with Crippen molar-refractivity contribution in [2.75, 3.05) is 25.0 Å². The molecule has 4 aromatic rings. The van der Waals surface area contributed by atoms with Crippen LogP contribution in [-0.2, 0) is 0 Å². The minimum atomic E-state index is -0.284. The highest BCUT2D eigenvalue weighted by Crippen LogP contribution is 2.45. The molecule has 2 N–H and O–H groups in total. The number of nitrogens with zero attached hydrogens (tertiary/aromatic N) is 5. The van der Waals surface area contributed by atoms with E-state index >= 15 is 0 Å². The van der Waals surface area contributed by atoms with E-state index < -0.39 is 0 Å². The Hall–Kier alpha value is -3.91. The standard InChI is InChI=1S/C27H26FN7/c1-29-12-13-35-24-7-6-18(24)17-14-25(35)34-26(32-11-10-30-16-17)19-8-9-31-27-21(19)15-23(33-27)20-4-2-3-5-22(20)28/h2-5,8-11,14-16,18,24,29H,6-7,12-13H2,1H3,(H,31,33). The summed E-state index contributed by atoms with van der Waals surface area (Å²) in [7, 11) is 1.97. The summed E-state index contributed by atoms with van der Waals surface area (Å²) in [5.41, 5.74) is 3.87. The van der Waals surface area contributed by atoms with Gasteiger partial charge in [-0.25, -0.2) is 19.3 Å². The number of rotatable bonds is 5. The molecule has 1 aliphatic carbocycles. The molecule has 1 aromatic carbocycles. The Morgan fingerprint density at radius 3 is 2.80 bits per heavy atom. The fraction of sp³-hybridized carbons (Fsp3) is 0.259. The van der Waals surface area contributed by atoms with Gasteiger partial charge >= 0.3 is 0 Å². The molecular weight excluding hydrogens is 441 g/mol.